The molecule has 1 saturated heterocycles. The van der Waals surface area contributed by atoms with Crippen LogP contribution in [0.4, 0.5) is 5.82 Å². The third kappa shape index (κ3) is 3.42. The van der Waals surface area contributed by atoms with E-state index in [1.54, 1.807) is 12.3 Å². The van der Waals surface area contributed by atoms with Gasteiger partial charge in [-0.05, 0) is 42.7 Å². The van der Waals surface area contributed by atoms with Gasteiger partial charge >= 0.3 is 0 Å². The molecule has 4 rings (SSSR count). The van der Waals surface area contributed by atoms with E-state index in [1.165, 1.54) is 5.56 Å². The highest BCUT2D eigenvalue weighted by atomic mass is 15.2. The number of imidazole rings is 1. The Morgan fingerprint density at radius 3 is 2.85 bits per heavy atom. The Balaban J connectivity index is 1.53. The summed E-state index contributed by atoms with van der Waals surface area (Å²) in [5.74, 6) is 2.34. The molecule has 0 spiro atoms. The highest BCUT2D eigenvalue weighted by Crippen LogP contribution is 2.29. The van der Waals surface area contributed by atoms with Gasteiger partial charge in [-0.15, -0.1) is 0 Å². The number of hydrogen-bond acceptors (Lipinski definition) is 5. The molecule has 1 aliphatic rings. The first-order chi connectivity index (χ1) is 12.8. The third-order valence-electron chi connectivity index (χ3n) is 4.84. The van der Waals surface area contributed by atoms with Gasteiger partial charge < -0.3 is 9.47 Å². The van der Waals surface area contributed by atoms with Crippen LogP contribution in [0.25, 0.3) is 0 Å². The number of aromatic nitrogens is 4. The Morgan fingerprint density at radius 1 is 1.12 bits per heavy atom. The second kappa shape index (κ2) is 7.36. The number of anilines is 1. The number of pyridine rings is 2. The third-order valence-corrected chi connectivity index (χ3v) is 4.84. The van der Waals surface area contributed by atoms with Crippen LogP contribution in [0.15, 0.2) is 55.2 Å². The molecule has 0 aromatic carbocycles. The maximum atomic E-state index is 9.13. The number of hydrogen-bond donors (Lipinski definition) is 0. The summed E-state index contributed by atoms with van der Waals surface area (Å²) in [5.41, 5.74) is 1.87. The highest BCUT2D eigenvalue weighted by molar-refractivity contribution is 5.45. The van der Waals surface area contributed by atoms with Gasteiger partial charge in [0.05, 0.1) is 11.6 Å². The SMILES string of the molecule is N#Cc1ccnc(N2CCC[C@@H](c3nccn3Cc3ccncc3)C2)c1. The van der Waals surface area contributed by atoms with Crippen molar-refractivity contribution in [2.75, 3.05) is 18.0 Å². The molecule has 0 saturated carbocycles. The topological polar surface area (TPSA) is 70.6 Å². The minimum Gasteiger partial charge on any atom is -0.356 e. The lowest BCUT2D eigenvalue weighted by Gasteiger charge is -2.33. The van der Waals surface area contributed by atoms with E-state index in [0.29, 0.717) is 11.5 Å². The van der Waals surface area contributed by atoms with Gasteiger partial charge in [0.1, 0.15) is 11.6 Å². The predicted molar refractivity (Wildman–Crippen MR) is 98.7 cm³/mol. The zero-order valence-corrected chi connectivity index (χ0v) is 14.5. The fourth-order valence-electron chi connectivity index (χ4n) is 3.56. The van der Waals surface area contributed by atoms with Gasteiger partial charge in [-0.1, -0.05) is 0 Å². The van der Waals surface area contributed by atoms with Gasteiger partial charge in [-0.3, -0.25) is 4.98 Å². The van der Waals surface area contributed by atoms with E-state index in [9.17, 15) is 0 Å². The lowest BCUT2D eigenvalue weighted by Crippen LogP contribution is -2.36. The van der Waals surface area contributed by atoms with E-state index in [0.717, 1.165) is 44.1 Å². The molecule has 26 heavy (non-hydrogen) atoms. The van der Waals surface area contributed by atoms with Crippen LogP contribution in [-0.4, -0.2) is 32.6 Å². The Bertz CT molecular complexity index is 911. The van der Waals surface area contributed by atoms with Gasteiger partial charge in [0.25, 0.3) is 0 Å². The van der Waals surface area contributed by atoms with Crippen LogP contribution in [0.3, 0.4) is 0 Å². The molecular formula is C20H20N6. The molecule has 130 valence electrons. The smallest absolute Gasteiger partial charge is 0.129 e. The lowest BCUT2D eigenvalue weighted by molar-refractivity contribution is 0.474. The molecule has 4 heterocycles. The molecule has 0 unspecified atom stereocenters. The molecule has 0 radical (unpaired) electrons. The summed E-state index contributed by atoms with van der Waals surface area (Å²) < 4.78 is 2.22. The van der Waals surface area contributed by atoms with E-state index >= 15 is 0 Å². The van der Waals surface area contributed by atoms with Crippen molar-refractivity contribution in [2.45, 2.75) is 25.3 Å². The van der Waals surface area contributed by atoms with Crippen molar-refractivity contribution < 1.29 is 0 Å². The van der Waals surface area contributed by atoms with Crippen LogP contribution in [0.1, 0.15) is 35.7 Å². The molecule has 1 aliphatic heterocycles. The lowest BCUT2D eigenvalue weighted by atomic mass is 9.97. The molecule has 3 aromatic heterocycles. The number of piperidine rings is 1. The van der Waals surface area contributed by atoms with Crippen molar-refractivity contribution in [1.82, 2.24) is 19.5 Å². The molecule has 1 atom stereocenters. The normalized spacial score (nSPS) is 17.0. The predicted octanol–water partition coefficient (Wildman–Crippen LogP) is 2.98. The van der Waals surface area contributed by atoms with Crippen LogP contribution in [0.5, 0.6) is 0 Å². The van der Waals surface area contributed by atoms with Crippen molar-refractivity contribution in [3.8, 4) is 6.07 Å². The molecule has 0 bridgehead atoms. The summed E-state index contributed by atoms with van der Waals surface area (Å²) in [4.78, 5) is 15.5. The van der Waals surface area contributed by atoms with Gasteiger partial charge in [-0.2, -0.15) is 5.26 Å². The standard InChI is InChI=1S/C20H20N6/c21-13-17-5-8-23-19(12-17)25-10-1-2-18(15-25)20-24-9-11-26(20)14-16-3-6-22-7-4-16/h3-9,11-12,18H,1-2,10,14-15H2/t18-/m1/s1. The van der Waals surface area contributed by atoms with E-state index in [4.69, 9.17) is 5.26 Å². The summed E-state index contributed by atoms with van der Waals surface area (Å²) in [6.45, 7) is 2.63. The Hall–Kier alpha value is -3.20. The number of nitriles is 1. The molecule has 0 N–H and O–H groups in total. The van der Waals surface area contributed by atoms with Crippen molar-refractivity contribution >= 4 is 5.82 Å². The van der Waals surface area contributed by atoms with Crippen LogP contribution >= 0.6 is 0 Å². The number of rotatable bonds is 4. The van der Waals surface area contributed by atoms with E-state index in [-0.39, 0.29) is 0 Å². The summed E-state index contributed by atoms with van der Waals surface area (Å²) in [5, 5.41) is 9.13. The minimum atomic E-state index is 0.355. The largest absolute Gasteiger partial charge is 0.356 e. The van der Waals surface area contributed by atoms with E-state index < -0.39 is 0 Å². The zero-order valence-electron chi connectivity index (χ0n) is 14.5. The van der Waals surface area contributed by atoms with E-state index in [1.807, 2.05) is 43.0 Å². The van der Waals surface area contributed by atoms with Crippen LogP contribution < -0.4 is 4.90 Å². The van der Waals surface area contributed by atoms with Crippen molar-refractivity contribution in [3.63, 3.8) is 0 Å². The van der Waals surface area contributed by atoms with Gasteiger partial charge in [-0.25, -0.2) is 9.97 Å². The monoisotopic (exact) mass is 344 g/mol. The van der Waals surface area contributed by atoms with Crippen molar-refractivity contribution in [3.05, 3.63) is 72.2 Å². The van der Waals surface area contributed by atoms with Gasteiger partial charge in [0, 0.05) is 56.5 Å². The first kappa shape index (κ1) is 16.3. The summed E-state index contributed by atoms with van der Waals surface area (Å²) in [6, 6.07) is 9.87. The summed E-state index contributed by atoms with van der Waals surface area (Å²) in [7, 11) is 0. The van der Waals surface area contributed by atoms with E-state index in [2.05, 4.69) is 30.5 Å². The molecule has 6 nitrogen and oxygen atoms in total. The van der Waals surface area contributed by atoms with Gasteiger partial charge in [0.2, 0.25) is 0 Å². The molecule has 1 fully saturated rings. The average molecular weight is 344 g/mol. The first-order valence-corrected chi connectivity index (χ1v) is 8.84. The fourth-order valence-corrected chi connectivity index (χ4v) is 3.56. The maximum Gasteiger partial charge on any atom is 0.129 e. The van der Waals surface area contributed by atoms with Crippen molar-refractivity contribution in [1.29, 1.82) is 5.26 Å². The Kier molecular flexibility index (Phi) is 4.61. The van der Waals surface area contributed by atoms with Crippen LogP contribution in [0.2, 0.25) is 0 Å². The molecule has 0 aliphatic carbocycles. The molecular weight excluding hydrogens is 324 g/mol. The fraction of sp³-hybridized carbons (Fsp3) is 0.300. The molecule has 3 aromatic rings. The second-order valence-electron chi connectivity index (χ2n) is 6.57. The average Bonchev–Trinajstić information content (AvgIpc) is 3.17. The van der Waals surface area contributed by atoms with Crippen LogP contribution in [-0.2, 0) is 6.54 Å². The zero-order chi connectivity index (χ0) is 17.8. The maximum absolute atomic E-state index is 9.13. The van der Waals surface area contributed by atoms with Crippen LogP contribution in [0, 0.1) is 11.3 Å². The Labute approximate surface area is 152 Å². The minimum absolute atomic E-state index is 0.355. The molecule has 0 amide bonds. The van der Waals surface area contributed by atoms with Crippen molar-refractivity contribution in [2.24, 2.45) is 0 Å². The quantitative estimate of drug-likeness (QED) is 0.728. The first-order valence-electron chi connectivity index (χ1n) is 8.84. The number of nitrogens with zero attached hydrogens (tertiary/aromatic N) is 6. The molecule has 6 heteroatoms. The second-order valence-corrected chi connectivity index (χ2v) is 6.57. The summed E-state index contributed by atoms with van der Waals surface area (Å²) in [6.07, 6.45) is 11.5. The Morgan fingerprint density at radius 2 is 2.00 bits per heavy atom. The highest BCUT2D eigenvalue weighted by Gasteiger charge is 2.25. The summed E-state index contributed by atoms with van der Waals surface area (Å²) >= 11 is 0. The van der Waals surface area contributed by atoms with Gasteiger partial charge in [0.15, 0.2) is 0 Å².